The minimum atomic E-state index is 0.611. The minimum Gasteiger partial charge on any atom is -0.357 e. The van der Waals surface area contributed by atoms with Crippen molar-refractivity contribution in [2.24, 2.45) is 4.99 Å². The van der Waals surface area contributed by atoms with Crippen LogP contribution in [0.4, 0.5) is 0 Å². The standard InChI is InChI=1S/C19H33N5/c1-4-20-19(22-15-18-11-7-9-16(2)23-18)21-12-8-14-24-13-6-5-10-17(24)3/h7,9,11,17H,4-6,8,10,12-15H2,1-3H3,(H2,20,21,22). The molecule has 24 heavy (non-hydrogen) atoms. The molecule has 1 atom stereocenters. The number of guanidine groups is 1. The van der Waals surface area contributed by atoms with E-state index < -0.39 is 0 Å². The number of aromatic nitrogens is 1. The molecule has 1 saturated heterocycles. The number of pyridine rings is 1. The summed E-state index contributed by atoms with van der Waals surface area (Å²) in [6.07, 6.45) is 5.24. The van der Waals surface area contributed by atoms with Gasteiger partial charge < -0.3 is 15.5 Å². The van der Waals surface area contributed by atoms with Crippen LogP contribution in [-0.4, -0.2) is 48.1 Å². The van der Waals surface area contributed by atoms with Crippen molar-refractivity contribution in [1.29, 1.82) is 0 Å². The predicted molar refractivity (Wildman–Crippen MR) is 101 cm³/mol. The molecule has 134 valence electrons. The summed E-state index contributed by atoms with van der Waals surface area (Å²) < 4.78 is 0. The first-order valence-corrected chi connectivity index (χ1v) is 9.38. The van der Waals surface area contributed by atoms with E-state index in [2.05, 4.69) is 39.4 Å². The fourth-order valence-corrected chi connectivity index (χ4v) is 3.17. The Labute approximate surface area is 147 Å². The molecule has 0 aromatic carbocycles. The highest BCUT2D eigenvalue weighted by molar-refractivity contribution is 5.79. The highest BCUT2D eigenvalue weighted by atomic mass is 15.2. The van der Waals surface area contributed by atoms with Gasteiger partial charge in [-0.1, -0.05) is 12.5 Å². The maximum atomic E-state index is 4.64. The molecule has 0 saturated carbocycles. The third-order valence-electron chi connectivity index (χ3n) is 4.54. The van der Waals surface area contributed by atoms with Crippen LogP contribution in [0.15, 0.2) is 23.2 Å². The lowest BCUT2D eigenvalue weighted by molar-refractivity contribution is 0.159. The lowest BCUT2D eigenvalue weighted by atomic mass is 10.0. The number of aliphatic imine (C=N–C) groups is 1. The SMILES string of the molecule is CCNC(=NCc1cccc(C)n1)NCCCN1CCCCC1C. The molecule has 1 fully saturated rings. The van der Waals surface area contributed by atoms with E-state index in [-0.39, 0.29) is 0 Å². The molecule has 0 spiro atoms. The average molecular weight is 332 g/mol. The maximum Gasteiger partial charge on any atom is 0.191 e. The van der Waals surface area contributed by atoms with Gasteiger partial charge in [0, 0.05) is 31.4 Å². The lowest BCUT2D eigenvalue weighted by Crippen LogP contribution is -2.41. The van der Waals surface area contributed by atoms with E-state index in [1.165, 1.54) is 32.4 Å². The fourth-order valence-electron chi connectivity index (χ4n) is 3.17. The third-order valence-corrected chi connectivity index (χ3v) is 4.54. The zero-order valence-electron chi connectivity index (χ0n) is 15.5. The van der Waals surface area contributed by atoms with Crippen LogP contribution in [0.5, 0.6) is 0 Å². The molecule has 1 aliphatic heterocycles. The molecule has 1 aromatic rings. The Kier molecular flexibility index (Phi) is 8.02. The van der Waals surface area contributed by atoms with Gasteiger partial charge in [-0.3, -0.25) is 4.98 Å². The molecule has 2 N–H and O–H groups in total. The second-order valence-electron chi connectivity index (χ2n) is 6.63. The van der Waals surface area contributed by atoms with Crippen LogP contribution in [0.1, 0.15) is 50.9 Å². The van der Waals surface area contributed by atoms with Crippen molar-refractivity contribution in [1.82, 2.24) is 20.5 Å². The molecule has 5 heteroatoms. The number of rotatable bonds is 7. The quantitative estimate of drug-likeness (QED) is 0.458. The number of nitrogens with one attached hydrogen (secondary N) is 2. The van der Waals surface area contributed by atoms with Crippen LogP contribution in [0.2, 0.25) is 0 Å². The monoisotopic (exact) mass is 331 g/mol. The van der Waals surface area contributed by atoms with E-state index in [1.54, 1.807) is 0 Å². The van der Waals surface area contributed by atoms with Crippen molar-refractivity contribution in [3.63, 3.8) is 0 Å². The van der Waals surface area contributed by atoms with Gasteiger partial charge in [-0.05, 0) is 58.7 Å². The number of likely N-dealkylation sites (tertiary alicyclic amines) is 1. The Bertz CT molecular complexity index is 514. The van der Waals surface area contributed by atoms with Crippen LogP contribution >= 0.6 is 0 Å². The Hall–Kier alpha value is -1.62. The number of piperidine rings is 1. The normalized spacial score (nSPS) is 19.3. The Morgan fingerprint density at radius 3 is 2.96 bits per heavy atom. The number of aryl methyl sites for hydroxylation is 1. The first kappa shape index (κ1) is 18.7. The highest BCUT2D eigenvalue weighted by Gasteiger charge is 2.17. The van der Waals surface area contributed by atoms with E-state index in [9.17, 15) is 0 Å². The van der Waals surface area contributed by atoms with Gasteiger partial charge in [0.1, 0.15) is 0 Å². The van der Waals surface area contributed by atoms with Gasteiger partial charge in [0.05, 0.1) is 12.2 Å². The van der Waals surface area contributed by atoms with E-state index in [1.807, 2.05) is 25.1 Å². The van der Waals surface area contributed by atoms with E-state index in [4.69, 9.17) is 0 Å². The molecule has 5 nitrogen and oxygen atoms in total. The summed E-state index contributed by atoms with van der Waals surface area (Å²) >= 11 is 0. The number of hydrogen-bond donors (Lipinski definition) is 2. The van der Waals surface area contributed by atoms with Gasteiger partial charge in [0.25, 0.3) is 0 Å². The highest BCUT2D eigenvalue weighted by Crippen LogP contribution is 2.15. The summed E-state index contributed by atoms with van der Waals surface area (Å²) in [7, 11) is 0. The smallest absolute Gasteiger partial charge is 0.191 e. The zero-order chi connectivity index (χ0) is 17.2. The molecule has 2 rings (SSSR count). The van der Waals surface area contributed by atoms with Crippen molar-refractivity contribution >= 4 is 5.96 Å². The van der Waals surface area contributed by atoms with Crippen molar-refractivity contribution in [3.8, 4) is 0 Å². The van der Waals surface area contributed by atoms with E-state index in [0.717, 1.165) is 42.9 Å². The predicted octanol–water partition coefficient (Wildman–Crippen LogP) is 2.71. The summed E-state index contributed by atoms with van der Waals surface area (Å²) in [4.78, 5) is 11.8. The summed E-state index contributed by atoms with van der Waals surface area (Å²) in [5.74, 6) is 0.882. The molecule has 1 aliphatic rings. The minimum absolute atomic E-state index is 0.611. The molecule has 0 amide bonds. The van der Waals surface area contributed by atoms with Crippen LogP contribution in [-0.2, 0) is 6.54 Å². The van der Waals surface area contributed by atoms with Gasteiger partial charge in [0.2, 0.25) is 0 Å². The first-order chi connectivity index (χ1) is 11.7. The summed E-state index contributed by atoms with van der Waals surface area (Å²) in [5.41, 5.74) is 2.05. The largest absolute Gasteiger partial charge is 0.357 e. The van der Waals surface area contributed by atoms with Gasteiger partial charge in [-0.2, -0.15) is 0 Å². The fraction of sp³-hybridized carbons (Fsp3) is 0.684. The topological polar surface area (TPSA) is 52.6 Å². The first-order valence-electron chi connectivity index (χ1n) is 9.38. The molecule has 0 radical (unpaired) electrons. The summed E-state index contributed by atoms with van der Waals surface area (Å²) in [6, 6.07) is 6.82. The van der Waals surface area contributed by atoms with Gasteiger partial charge >= 0.3 is 0 Å². The van der Waals surface area contributed by atoms with E-state index in [0.29, 0.717) is 6.54 Å². The maximum absolute atomic E-state index is 4.64. The molecule has 1 unspecified atom stereocenters. The Balaban J connectivity index is 1.75. The molecule has 0 bridgehead atoms. The van der Waals surface area contributed by atoms with Crippen LogP contribution in [0.25, 0.3) is 0 Å². The second kappa shape index (κ2) is 10.3. The van der Waals surface area contributed by atoms with Crippen LogP contribution in [0.3, 0.4) is 0 Å². The molecule has 0 aliphatic carbocycles. The van der Waals surface area contributed by atoms with Crippen molar-refractivity contribution in [2.45, 2.75) is 59.0 Å². The van der Waals surface area contributed by atoms with Crippen LogP contribution < -0.4 is 10.6 Å². The van der Waals surface area contributed by atoms with Gasteiger partial charge in [0.15, 0.2) is 5.96 Å². The average Bonchev–Trinajstić information content (AvgIpc) is 2.58. The molecular formula is C19H33N5. The number of hydrogen-bond acceptors (Lipinski definition) is 3. The van der Waals surface area contributed by atoms with Crippen molar-refractivity contribution < 1.29 is 0 Å². The Morgan fingerprint density at radius 2 is 2.21 bits per heavy atom. The van der Waals surface area contributed by atoms with E-state index >= 15 is 0 Å². The van der Waals surface area contributed by atoms with Crippen molar-refractivity contribution in [3.05, 3.63) is 29.6 Å². The molecular weight excluding hydrogens is 298 g/mol. The summed E-state index contributed by atoms with van der Waals surface area (Å²) in [5, 5.41) is 6.76. The van der Waals surface area contributed by atoms with Crippen LogP contribution in [0, 0.1) is 6.92 Å². The lowest BCUT2D eigenvalue weighted by Gasteiger charge is -2.33. The van der Waals surface area contributed by atoms with Crippen molar-refractivity contribution in [2.75, 3.05) is 26.2 Å². The zero-order valence-corrected chi connectivity index (χ0v) is 15.5. The van der Waals surface area contributed by atoms with Gasteiger partial charge in [-0.15, -0.1) is 0 Å². The number of nitrogens with zero attached hydrogens (tertiary/aromatic N) is 3. The summed E-state index contributed by atoms with van der Waals surface area (Å²) in [6.45, 7) is 11.3. The Morgan fingerprint density at radius 1 is 1.33 bits per heavy atom. The second-order valence-corrected chi connectivity index (χ2v) is 6.63. The third kappa shape index (κ3) is 6.48. The molecule has 1 aromatic heterocycles. The van der Waals surface area contributed by atoms with Gasteiger partial charge in [-0.25, -0.2) is 4.99 Å². The molecule has 2 heterocycles.